The quantitative estimate of drug-likeness (QED) is 0.318. The molecule has 3 rings (SSSR count). The predicted molar refractivity (Wildman–Crippen MR) is 76.2 cm³/mol. The van der Waals surface area contributed by atoms with E-state index in [4.69, 9.17) is 10.3 Å². The molecule has 1 heterocycles. The van der Waals surface area contributed by atoms with Crippen molar-refractivity contribution in [2.24, 2.45) is 10.8 Å². The summed E-state index contributed by atoms with van der Waals surface area (Å²) >= 11 is 0. The highest BCUT2D eigenvalue weighted by molar-refractivity contribution is 6.00. The first-order valence-electron chi connectivity index (χ1n) is 5.96. The third-order valence-electron chi connectivity index (χ3n) is 2.79. The Morgan fingerprint density at radius 1 is 1.00 bits per heavy atom. The lowest BCUT2D eigenvalue weighted by molar-refractivity contribution is 0.600. The summed E-state index contributed by atoms with van der Waals surface area (Å²) in [4.78, 5) is 4.43. The first-order valence-corrected chi connectivity index (χ1v) is 5.96. The first-order chi connectivity index (χ1) is 9.36. The van der Waals surface area contributed by atoms with Crippen molar-refractivity contribution in [3.05, 3.63) is 66.4 Å². The summed E-state index contributed by atoms with van der Waals surface area (Å²) in [5, 5.41) is 1.02. The number of furan rings is 1. The highest BCUT2D eigenvalue weighted by Crippen LogP contribution is 2.20. The largest absolute Gasteiger partial charge is 0.453 e. The van der Waals surface area contributed by atoms with Gasteiger partial charge in [0, 0.05) is 5.39 Å². The highest BCUT2D eigenvalue weighted by atomic mass is 16.3. The second-order valence-corrected chi connectivity index (χ2v) is 4.09. The minimum Gasteiger partial charge on any atom is -0.453 e. The van der Waals surface area contributed by atoms with E-state index < -0.39 is 0 Å². The van der Waals surface area contributed by atoms with E-state index >= 15 is 0 Å². The molecule has 2 aromatic carbocycles. The van der Waals surface area contributed by atoms with Crippen molar-refractivity contribution >= 4 is 22.5 Å². The van der Waals surface area contributed by atoms with Crippen molar-refractivity contribution in [2.45, 2.75) is 0 Å². The lowest BCUT2D eigenvalue weighted by Crippen LogP contribution is -2.30. The molecule has 4 heteroatoms. The van der Waals surface area contributed by atoms with Crippen molar-refractivity contribution in [3.8, 4) is 0 Å². The fourth-order valence-electron chi connectivity index (χ4n) is 1.89. The fourth-order valence-corrected chi connectivity index (χ4v) is 1.89. The van der Waals surface area contributed by atoms with E-state index in [1.165, 1.54) is 0 Å². The van der Waals surface area contributed by atoms with Gasteiger partial charge in [-0.2, -0.15) is 0 Å². The van der Waals surface area contributed by atoms with Gasteiger partial charge in [0.05, 0.1) is 5.69 Å². The van der Waals surface area contributed by atoms with E-state index in [2.05, 4.69) is 10.4 Å². The number of benzene rings is 2. The number of nitrogens with zero attached hydrogens (tertiary/aromatic N) is 1. The molecule has 0 radical (unpaired) electrons. The van der Waals surface area contributed by atoms with Crippen LogP contribution in [0.5, 0.6) is 0 Å². The Morgan fingerprint density at radius 2 is 1.74 bits per heavy atom. The van der Waals surface area contributed by atoms with Gasteiger partial charge in [-0.05, 0) is 24.3 Å². The number of fused-ring (bicyclic) bond motifs is 1. The summed E-state index contributed by atoms with van der Waals surface area (Å²) in [6, 6.07) is 19.3. The Morgan fingerprint density at radius 3 is 2.47 bits per heavy atom. The number of aliphatic imine (C=N–C) groups is 1. The molecule has 0 saturated carbocycles. The zero-order valence-electron chi connectivity index (χ0n) is 10.2. The minimum atomic E-state index is 0.502. The molecule has 0 amide bonds. The Labute approximate surface area is 110 Å². The Balaban J connectivity index is 2.04. The molecule has 3 aromatic rings. The molecule has 0 aliphatic rings. The van der Waals surface area contributed by atoms with E-state index in [9.17, 15) is 0 Å². The molecular formula is C15H13N3O. The molecule has 0 aliphatic carbocycles. The van der Waals surface area contributed by atoms with Crippen LogP contribution < -0.4 is 11.3 Å². The third kappa shape index (κ3) is 2.34. The van der Waals surface area contributed by atoms with Crippen LogP contribution in [0.25, 0.3) is 11.0 Å². The zero-order valence-corrected chi connectivity index (χ0v) is 10.2. The van der Waals surface area contributed by atoms with E-state index in [0.717, 1.165) is 16.7 Å². The van der Waals surface area contributed by atoms with Crippen LogP contribution in [0.2, 0.25) is 0 Å². The number of rotatable bonds is 2. The topological polar surface area (TPSA) is 63.5 Å². The summed E-state index contributed by atoms with van der Waals surface area (Å²) in [7, 11) is 0. The van der Waals surface area contributed by atoms with E-state index in [1.54, 1.807) is 0 Å². The van der Waals surface area contributed by atoms with Crippen LogP contribution in [0.4, 0.5) is 5.69 Å². The summed E-state index contributed by atoms with van der Waals surface area (Å²) in [6.45, 7) is 0. The number of hydrogen-bond donors (Lipinski definition) is 2. The lowest BCUT2D eigenvalue weighted by atomic mass is 10.2. The maximum Gasteiger partial charge on any atom is 0.184 e. The van der Waals surface area contributed by atoms with Crippen molar-refractivity contribution in [1.82, 2.24) is 5.43 Å². The van der Waals surface area contributed by atoms with Gasteiger partial charge < -0.3 is 9.84 Å². The average molecular weight is 251 g/mol. The van der Waals surface area contributed by atoms with Crippen molar-refractivity contribution in [1.29, 1.82) is 0 Å². The van der Waals surface area contributed by atoms with E-state index in [0.29, 0.717) is 11.6 Å². The summed E-state index contributed by atoms with van der Waals surface area (Å²) in [6.07, 6.45) is 0. The van der Waals surface area contributed by atoms with E-state index in [-0.39, 0.29) is 0 Å². The number of para-hydroxylation sites is 2. The molecule has 4 nitrogen and oxygen atoms in total. The molecular weight excluding hydrogens is 238 g/mol. The van der Waals surface area contributed by atoms with Crippen LogP contribution in [-0.2, 0) is 0 Å². The van der Waals surface area contributed by atoms with Gasteiger partial charge in [0.2, 0.25) is 0 Å². The van der Waals surface area contributed by atoms with Crippen molar-refractivity contribution in [3.63, 3.8) is 0 Å². The SMILES string of the molecule is NNC(=Nc1ccccc1)c1cc2ccccc2o1. The van der Waals surface area contributed by atoms with Crippen LogP contribution in [0.3, 0.4) is 0 Å². The molecule has 19 heavy (non-hydrogen) atoms. The molecule has 0 saturated heterocycles. The van der Waals surface area contributed by atoms with Crippen LogP contribution in [0.15, 0.2) is 70.1 Å². The maximum absolute atomic E-state index is 5.72. The summed E-state index contributed by atoms with van der Waals surface area (Å²) in [5.41, 5.74) is 4.21. The molecule has 0 spiro atoms. The smallest absolute Gasteiger partial charge is 0.184 e. The minimum absolute atomic E-state index is 0.502. The van der Waals surface area contributed by atoms with Crippen LogP contribution in [-0.4, -0.2) is 5.84 Å². The molecule has 0 fully saturated rings. The lowest BCUT2D eigenvalue weighted by Gasteiger charge is -2.01. The van der Waals surface area contributed by atoms with Gasteiger partial charge in [-0.25, -0.2) is 10.8 Å². The average Bonchev–Trinajstić information content (AvgIpc) is 2.89. The third-order valence-corrected chi connectivity index (χ3v) is 2.79. The predicted octanol–water partition coefficient (Wildman–Crippen LogP) is 2.97. The number of hydrazine groups is 1. The number of nitrogens with two attached hydrogens (primary N) is 1. The second kappa shape index (κ2) is 4.96. The summed E-state index contributed by atoms with van der Waals surface area (Å²) in [5.74, 6) is 6.65. The van der Waals surface area contributed by atoms with Gasteiger partial charge in [0.25, 0.3) is 0 Å². The molecule has 94 valence electrons. The van der Waals surface area contributed by atoms with Gasteiger partial charge in [-0.1, -0.05) is 36.4 Å². The highest BCUT2D eigenvalue weighted by Gasteiger charge is 2.09. The van der Waals surface area contributed by atoms with Crippen molar-refractivity contribution in [2.75, 3.05) is 0 Å². The molecule has 3 N–H and O–H groups in total. The van der Waals surface area contributed by atoms with Crippen LogP contribution in [0.1, 0.15) is 5.76 Å². The fraction of sp³-hybridized carbons (Fsp3) is 0. The van der Waals surface area contributed by atoms with Gasteiger partial charge in [0.1, 0.15) is 5.58 Å². The Kier molecular flexibility index (Phi) is 3.00. The standard InChI is InChI=1S/C15H13N3O/c16-18-15(17-12-7-2-1-3-8-12)14-10-11-6-4-5-9-13(11)19-14/h1-10H,16H2,(H,17,18). The Hall–Kier alpha value is -2.59. The first kappa shape index (κ1) is 11.5. The zero-order chi connectivity index (χ0) is 13.1. The molecule has 0 unspecified atom stereocenters. The van der Waals surface area contributed by atoms with Gasteiger partial charge in [0.15, 0.2) is 11.6 Å². The number of hydrogen-bond acceptors (Lipinski definition) is 3. The number of amidine groups is 1. The van der Waals surface area contributed by atoms with Crippen molar-refractivity contribution < 1.29 is 4.42 Å². The van der Waals surface area contributed by atoms with E-state index in [1.807, 2.05) is 60.7 Å². The monoisotopic (exact) mass is 251 g/mol. The molecule has 0 bridgehead atoms. The maximum atomic E-state index is 5.72. The van der Waals surface area contributed by atoms with Gasteiger partial charge >= 0.3 is 0 Å². The van der Waals surface area contributed by atoms with Crippen LogP contribution >= 0.6 is 0 Å². The van der Waals surface area contributed by atoms with Gasteiger partial charge in [-0.3, -0.25) is 0 Å². The summed E-state index contributed by atoms with van der Waals surface area (Å²) < 4.78 is 5.72. The molecule has 0 aliphatic heterocycles. The molecule has 0 atom stereocenters. The Bertz CT molecular complexity index is 683. The number of nitrogens with one attached hydrogen (secondary N) is 1. The van der Waals surface area contributed by atoms with Gasteiger partial charge in [-0.15, -0.1) is 0 Å². The second-order valence-electron chi connectivity index (χ2n) is 4.09. The normalized spacial score (nSPS) is 11.7. The van der Waals surface area contributed by atoms with Crippen LogP contribution in [0, 0.1) is 0 Å². The molecule has 1 aromatic heterocycles.